The molecule has 0 aromatic heterocycles. The standard InChI is InChI=1S/C58H41N/c1-3-11-40(12-4-1)42-27-31-51(32-28-42)59(53-35-36-54(44-14-5-2-6-15-44)56(39-53)50-26-19-41-13-7-8-17-48(41)37-50)52-33-29-43(30-34-52)49-25-22-46-21-24-47-23-20-45-16-9-10-18-55(45)58(47)57(46)38-49/h1-39,46,57H. The van der Waals surface area contributed by atoms with E-state index in [1.807, 2.05) is 0 Å². The molecule has 0 N–H and O–H groups in total. The van der Waals surface area contributed by atoms with Crippen LogP contribution in [0.25, 0.3) is 66.6 Å². The highest BCUT2D eigenvalue weighted by atomic mass is 15.1. The van der Waals surface area contributed by atoms with Crippen LogP contribution in [0, 0.1) is 5.92 Å². The van der Waals surface area contributed by atoms with Gasteiger partial charge in [-0.2, -0.15) is 0 Å². The Kier molecular flexibility index (Phi) is 8.71. The number of nitrogens with zero attached hydrogens (tertiary/aromatic N) is 1. The van der Waals surface area contributed by atoms with Gasteiger partial charge in [-0.05, 0) is 120 Å². The molecule has 0 saturated heterocycles. The molecule has 0 amide bonds. The van der Waals surface area contributed by atoms with Crippen LogP contribution in [0.5, 0.6) is 0 Å². The van der Waals surface area contributed by atoms with Crippen LogP contribution in [0.2, 0.25) is 0 Å². The van der Waals surface area contributed by atoms with Gasteiger partial charge in [-0.1, -0.05) is 194 Å². The molecule has 0 fully saturated rings. The zero-order valence-corrected chi connectivity index (χ0v) is 32.6. The Bertz CT molecular complexity index is 3080. The second kappa shape index (κ2) is 14.8. The highest BCUT2D eigenvalue weighted by Crippen LogP contribution is 2.45. The van der Waals surface area contributed by atoms with Crippen molar-refractivity contribution >= 4 is 50.3 Å². The molecule has 9 aromatic rings. The van der Waals surface area contributed by atoms with Gasteiger partial charge in [0.2, 0.25) is 0 Å². The van der Waals surface area contributed by atoms with E-state index in [4.69, 9.17) is 0 Å². The fourth-order valence-electron chi connectivity index (χ4n) is 9.21. The molecule has 0 radical (unpaired) electrons. The van der Waals surface area contributed by atoms with Crippen LogP contribution in [0.15, 0.2) is 231 Å². The molecule has 59 heavy (non-hydrogen) atoms. The van der Waals surface area contributed by atoms with Crippen molar-refractivity contribution < 1.29 is 0 Å². The van der Waals surface area contributed by atoms with Crippen LogP contribution in [-0.4, -0.2) is 0 Å². The number of benzene rings is 9. The predicted molar refractivity (Wildman–Crippen MR) is 251 cm³/mol. The number of hydrogen-bond acceptors (Lipinski definition) is 1. The first-order valence-corrected chi connectivity index (χ1v) is 20.6. The molecular formula is C58H41N. The largest absolute Gasteiger partial charge is 0.310 e. The Morgan fingerprint density at radius 3 is 1.69 bits per heavy atom. The summed E-state index contributed by atoms with van der Waals surface area (Å²) in [6, 6.07) is 75.2. The van der Waals surface area contributed by atoms with Crippen molar-refractivity contribution in [2.75, 3.05) is 4.90 Å². The average Bonchev–Trinajstić information content (AvgIpc) is 3.32. The maximum Gasteiger partial charge on any atom is 0.0468 e. The summed E-state index contributed by atoms with van der Waals surface area (Å²) in [5.41, 5.74) is 15.7. The Morgan fingerprint density at radius 2 is 0.932 bits per heavy atom. The third kappa shape index (κ3) is 6.48. The summed E-state index contributed by atoms with van der Waals surface area (Å²) in [6.07, 6.45) is 11.9. The van der Waals surface area contributed by atoms with E-state index in [1.54, 1.807) is 0 Å². The van der Waals surface area contributed by atoms with Crippen LogP contribution in [0.3, 0.4) is 0 Å². The van der Waals surface area contributed by atoms with Crippen molar-refractivity contribution in [3.63, 3.8) is 0 Å². The molecule has 1 nitrogen and oxygen atoms in total. The molecule has 2 unspecified atom stereocenters. The third-order valence-corrected chi connectivity index (χ3v) is 12.2. The molecule has 2 atom stereocenters. The van der Waals surface area contributed by atoms with Gasteiger partial charge < -0.3 is 4.90 Å². The fraction of sp³-hybridized carbons (Fsp3) is 0.0345. The number of fused-ring (bicyclic) bond motifs is 6. The maximum atomic E-state index is 2.49. The summed E-state index contributed by atoms with van der Waals surface area (Å²) in [4.78, 5) is 2.40. The van der Waals surface area contributed by atoms with Gasteiger partial charge in [0.05, 0.1) is 0 Å². The zero-order chi connectivity index (χ0) is 39.1. The van der Waals surface area contributed by atoms with Crippen LogP contribution in [0.1, 0.15) is 22.6 Å². The van der Waals surface area contributed by atoms with E-state index in [2.05, 4.69) is 242 Å². The molecule has 0 aliphatic heterocycles. The van der Waals surface area contributed by atoms with Crippen molar-refractivity contribution in [2.45, 2.75) is 5.92 Å². The summed E-state index contributed by atoms with van der Waals surface area (Å²) in [6.45, 7) is 0. The van der Waals surface area contributed by atoms with Crippen LogP contribution >= 0.6 is 0 Å². The van der Waals surface area contributed by atoms with Gasteiger partial charge in [0, 0.05) is 28.9 Å². The molecule has 2 aliphatic carbocycles. The normalized spacial score (nSPS) is 15.4. The van der Waals surface area contributed by atoms with Gasteiger partial charge in [0.25, 0.3) is 0 Å². The second-order valence-electron chi connectivity index (χ2n) is 15.7. The molecule has 0 bridgehead atoms. The van der Waals surface area contributed by atoms with E-state index in [9.17, 15) is 0 Å². The summed E-state index contributed by atoms with van der Waals surface area (Å²) >= 11 is 0. The molecule has 0 spiro atoms. The average molecular weight is 752 g/mol. The Labute approximate surface area is 346 Å². The molecule has 278 valence electrons. The quantitative estimate of drug-likeness (QED) is 0.157. The van der Waals surface area contributed by atoms with Crippen molar-refractivity contribution in [3.05, 3.63) is 247 Å². The molecular weight excluding hydrogens is 711 g/mol. The first-order valence-electron chi connectivity index (χ1n) is 20.6. The monoisotopic (exact) mass is 751 g/mol. The number of hydrogen-bond donors (Lipinski definition) is 0. The first-order chi connectivity index (χ1) is 29.2. The highest BCUT2D eigenvalue weighted by molar-refractivity contribution is 5.95. The minimum absolute atomic E-state index is 0.289. The molecule has 2 aliphatic rings. The molecule has 9 aromatic carbocycles. The number of allylic oxidation sites excluding steroid dienone is 5. The Morgan fingerprint density at radius 1 is 0.356 bits per heavy atom. The number of anilines is 3. The smallest absolute Gasteiger partial charge is 0.0468 e. The maximum absolute atomic E-state index is 2.49. The Balaban J connectivity index is 1.02. The minimum Gasteiger partial charge on any atom is -0.310 e. The van der Waals surface area contributed by atoms with E-state index >= 15 is 0 Å². The lowest BCUT2D eigenvalue weighted by atomic mass is 9.73. The van der Waals surface area contributed by atoms with Gasteiger partial charge in [-0.3, -0.25) is 0 Å². The van der Waals surface area contributed by atoms with E-state index in [1.165, 1.54) is 77.2 Å². The molecule has 0 saturated carbocycles. The van der Waals surface area contributed by atoms with E-state index in [-0.39, 0.29) is 5.92 Å². The third-order valence-electron chi connectivity index (χ3n) is 12.2. The van der Waals surface area contributed by atoms with E-state index in [0.29, 0.717) is 5.92 Å². The van der Waals surface area contributed by atoms with Gasteiger partial charge >= 0.3 is 0 Å². The summed E-state index contributed by atoms with van der Waals surface area (Å²) in [7, 11) is 0. The van der Waals surface area contributed by atoms with Crippen molar-refractivity contribution in [3.8, 4) is 33.4 Å². The SMILES string of the molecule is C1=CC2C=Cc3ccc4ccccc4c3C2C=C1c1ccc(N(c2ccc(-c3ccccc3)cc2)c2ccc(-c3ccccc3)c(-c3ccc4ccccc4c3)c2)cc1. The van der Waals surface area contributed by atoms with E-state index in [0.717, 1.165) is 17.1 Å². The molecule has 1 heteroatoms. The predicted octanol–water partition coefficient (Wildman–Crippen LogP) is 15.8. The molecule has 0 heterocycles. The van der Waals surface area contributed by atoms with Crippen molar-refractivity contribution in [1.82, 2.24) is 0 Å². The first kappa shape index (κ1) is 34.7. The topological polar surface area (TPSA) is 3.24 Å². The molecule has 11 rings (SSSR count). The summed E-state index contributed by atoms with van der Waals surface area (Å²) < 4.78 is 0. The van der Waals surface area contributed by atoms with Crippen molar-refractivity contribution in [2.24, 2.45) is 5.92 Å². The highest BCUT2D eigenvalue weighted by Gasteiger charge is 2.28. The van der Waals surface area contributed by atoms with Crippen LogP contribution in [0.4, 0.5) is 17.1 Å². The number of rotatable bonds is 7. The van der Waals surface area contributed by atoms with Crippen LogP contribution < -0.4 is 4.90 Å². The zero-order valence-electron chi connectivity index (χ0n) is 32.6. The lowest BCUT2D eigenvalue weighted by Crippen LogP contribution is -2.15. The van der Waals surface area contributed by atoms with E-state index < -0.39 is 0 Å². The fourth-order valence-corrected chi connectivity index (χ4v) is 9.21. The van der Waals surface area contributed by atoms with Gasteiger partial charge in [-0.25, -0.2) is 0 Å². The van der Waals surface area contributed by atoms with Crippen molar-refractivity contribution in [1.29, 1.82) is 0 Å². The minimum atomic E-state index is 0.289. The lowest BCUT2D eigenvalue weighted by molar-refractivity contribution is 0.700. The van der Waals surface area contributed by atoms with Crippen LogP contribution in [-0.2, 0) is 0 Å². The van der Waals surface area contributed by atoms with Gasteiger partial charge in [-0.15, -0.1) is 0 Å². The second-order valence-corrected chi connectivity index (χ2v) is 15.7. The van der Waals surface area contributed by atoms with Gasteiger partial charge in [0.1, 0.15) is 0 Å². The Hall–Kier alpha value is -7.48. The summed E-state index contributed by atoms with van der Waals surface area (Å²) in [5, 5.41) is 5.12. The summed E-state index contributed by atoms with van der Waals surface area (Å²) in [5.74, 6) is 0.637. The van der Waals surface area contributed by atoms with Gasteiger partial charge in [0.15, 0.2) is 0 Å². The lowest BCUT2D eigenvalue weighted by Gasteiger charge is -2.30.